The highest BCUT2D eigenvalue weighted by Gasteiger charge is 2.76. The highest BCUT2D eigenvalue weighted by molar-refractivity contribution is 6.06. The van der Waals surface area contributed by atoms with Gasteiger partial charge in [0.15, 0.2) is 5.60 Å². The van der Waals surface area contributed by atoms with E-state index in [1.54, 1.807) is 6.92 Å². The van der Waals surface area contributed by atoms with Crippen molar-refractivity contribution in [3.63, 3.8) is 0 Å². The number of nitrogens with zero attached hydrogens (tertiary/aromatic N) is 1. The first-order valence-electron chi connectivity index (χ1n) is 11.1. The Hall–Kier alpha value is -2.74. The number of unbranched alkanes of at least 4 members (excludes halogenated alkanes) is 1. The molecule has 170 valence electrons. The maximum Gasteiger partial charge on any atom is 0.327 e. The Morgan fingerprint density at radius 1 is 1.03 bits per heavy atom. The number of ether oxygens (including phenoxy) is 1. The Labute approximate surface area is 187 Å². The van der Waals surface area contributed by atoms with E-state index in [-0.39, 0.29) is 19.6 Å². The van der Waals surface area contributed by atoms with Crippen LogP contribution in [0.25, 0.3) is 0 Å². The van der Waals surface area contributed by atoms with Crippen LogP contribution >= 0.6 is 0 Å². The Morgan fingerprint density at radius 2 is 1.62 bits per heavy atom. The zero-order valence-electron chi connectivity index (χ0n) is 18.5. The Kier molecular flexibility index (Phi) is 6.07. The highest BCUT2D eigenvalue weighted by Crippen LogP contribution is 2.57. The van der Waals surface area contributed by atoms with E-state index in [1.807, 2.05) is 67.6 Å². The number of fused-ring (bicyclic) bond motifs is 1. The SMILES string of the molecule is CCCCN1C[C@]2(O)OOC(c3ccccc3)(c3ccccc3)C[C@]2(C(=O)OCC)C1=O. The van der Waals surface area contributed by atoms with Gasteiger partial charge in [-0.05, 0) is 24.5 Å². The molecule has 0 aliphatic carbocycles. The number of β-amino-alcohol motifs (C(OH)–C–C–N with tert-alkyl or cyclic N) is 1. The fourth-order valence-corrected chi connectivity index (χ4v) is 4.74. The molecule has 0 saturated carbocycles. The fraction of sp³-hybridized carbons (Fsp3) is 0.440. The second-order valence-electron chi connectivity index (χ2n) is 8.39. The lowest BCUT2D eigenvalue weighted by Crippen LogP contribution is -2.64. The first-order valence-corrected chi connectivity index (χ1v) is 11.1. The summed E-state index contributed by atoms with van der Waals surface area (Å²) >= 11 is 0. The molecule has 4 rings (SSSR count). The second-order valence-corrected chi connectivity index (χ2v) is 8.39. The van der Waals surface area contributed by atoms with Crippen molar-refractivity contribution in [2.45, 2.75) is 44.5 Å². The lowest BCUT2D eigenvalue weighted by molar-refractivity contribution is -0.497. The topological polar surface area (TPSA) is 85.3 Å². The fourth-order valence-electron chi connectivity index (χ4n) is 4.74. The van der Waals surface area contributed by atoms with Gasteiger partial charge in [0, 0.05) is 13.0 Å². The number of benzene rings is 2. The van der Waals surface area contributed by atoms with Gasteiger partial charge in [0.25, 0.3) is 0 Å². The highest BCUT2D eigenvalue weighted by atomic mass is 17.2. The van der Waals surface area contributed by atoms with Crippen LogP contribution in [-0.4, -0.2) is 47.4 Å². The number of esters is 1. The molecule has 1 N–H and O–H groups in total. The molecule has 0 aromatic heterocycles. The van der Waals surface area contributed by atoms with Gasteiger partial charge >= 0.3 is 5.97 Å². The maximum absolute atomic E-state index is 13.8. The van der Waals surface area contributed by atoms with E-state index in [0.29, 0.717) is 17.7 Å². The number of carbonyl (C=O) groups excluding carboxylic acids is 2. The third kappa shape index (κ3) is 3.32. The zero-order chi connectivity index (χ0) is 22.8. The van der Waals surface area contributed by atoms with Crippen LogP contribution in [0.1, 0.15) is 44.2 Å². The van der Waals surface area contributed by atoms with E-state index >= 15 is 0 Å². The van der Waals surface area contributed by atoms with E-state index in [4.69, 9.17) is 14.5 Å². The number of hydrogen-bond acceptors (Lipinski definition) is 6. The molecule has 2 aliphatic rings. The minimum atomic E-state index is -2.16. The summed E-state index contributed by atoms with van der Waals surface area (Å²) in [6.07, 6.45) is 1.46. The summed E-state index contributed by atoms with van der Waals surface area (Å²) in [5.74, 6) is -3.45. The third-order valence-electron chi connectivity index (χ3n) is 6.45. The third-order valence-corrected chi connectivity index (χ3v) is 6.45. The van der Waals surface area contributed by atoms with Crippen LogP contribution in [0.3, 0.4) is 0 Å². The summed E-state index contributed by atoms with van der Waals surface area (Å²) in [6, 6.07) is 18.6. The molecule has 7 nitrogen and oxygen atoms in total. The van der Waals surface area contributed by atoms with Crippen molar-refractivity contribution in [2.24, 2.45) is 5.41 Å². The van der Waals surface area contributed by atoms with Crippen LogP contribution in [0, 0.1) is 5.41 Å². The molecular formula is C25H29NO6. The van der Waals surface area contributed by atoms with Crippen LogP contribution < -0.4 is 0 Å². The number of carbonyl (C=O) groups is 2. The molecule has 0 unspecified atom stereocenters. The molecule has 2 saturated heterocycles. The van der Waals surface area contributed by atoms with E-state index in [9.17, 15) is 14.7 Å². The minimum Gasteiger partial charge on any atom is -0.465 e. The van der Waals surface area contributed by atoms with Gasteiger partial charge in [0.05, 0.1) is 13.2 Å². The van der Waals surface area contributed by atoms with Crippen molar-refractivity contribution >= 4 is 11.9 Å². The number of likely N-dealkylation sites (tertiary alicyclic amines) is 1. The summed E-state index contributed by atoms with van der Waals surface area (Å²) in [4.78, 5) is 40.3. The van der Waals surface area contributed by atoms with Gasteiger partial charge in [-0.25, -0.2) is 4.89 Å². The average molecular weight is 440 g/mol. The standard InChI is InChI=1S/C25H29NO6/c1-3-5-16-26-18-25(29)23(21(26)27,22(28)30-4-2)17-24(31-32-25,19-12-8-6-9-13-19)20-14-10-7-11-15-20/h6-15,29H,3-5,16-18H2,1-2H3/t23-,25+/m1/s1. The summed E-state index contributed by atoms with van der Waals surface area (Å²) in [6.45, 7) is 4.00. The molecule has 1 amide bonds. The Balaban J connectivity index is 1.89. The smallest absolute Gasteiger partial charge is 0.327 e. The minimum absolute atomic E-state index is 0.0729. The van der Waals surface area contributed by atoms with Gasteiger partial charge in [-0.2, -0.15) is 4.89 Å². The van der Waals surface area contributed by atoms with Crippen LogP contribution in [-0.2, 0) is 29.7 Å². The zero-order valence-corrected chi connectivity index (χ0v) is 18.5. The first-order chi connectivity index (χ1) is 15.4. The van der Waals surface area contributed by atoms with Crippen molar-refractivity contribution in [1.82, 2.24) is 4.90 Å². The quantitative estimate of drug-likeness (QED) is 0.405. The van der Waals surface area contributed by atoms with Gasteiger partial charge in [0.1, 0.15) is 0 Å². The van der Waals surface area contributed by atoms with Gasteiger partial charge in [0.2, 0.25) is 17.1 Å². The predicted octanol–water partition coefficient (Wildman–Crippen LogP) is 3.16. The normalized spacial score (nSPS) is 26.6. The Morgan fingerprint density at radius 3 is 2.16 bits per heavy atom. The molecule has 0 bridgehead atoms. The summed E-state index contributed by atoms with van der Waals surface area (Å²) in [5.41, 5.74) is -1.84. The van der Waals surface area contributed by atoms with Gasteiger partial charge < -0.3 is 14.7 Å². The number of amides is 1. The maximum atomic E-state index is 13.8. The van der Waals surface area contributed by atoms with Crippen LogP contribution in [0.15, 0.2) is 60.7 Å². The molecule has 2 aliphatic heterocycles. The summed E-state index contributed by atoms with van der Waals surface area (Å²) in [5, 5.41) is 11.5. The monoisotopic (exact) mass is 439 g/mol. The second kappa shape index (κ2) is 8.65. The van der Waals surface area contributed by atoms with Crippen molar-refractivity contribution < 1.29 is 29.2 Å². The van der Waals surface area contributed by atoms with E-state index in [2.05, 4.69) is 0 Å². The van der Waals surface area contributed by atoms with Crippen molar-refractivity contribution in [2.75, 3.05) is 19.7 Å². The molecule has 32 heavy (non-hydrogen) atoms. The van der Waals surface area contributed by atoms with Crippen molar-refractivity contribution in [3.8, 4) is 0 Å². The number of rotatable bonds is 7. The first kappa shape index (κ1) is 22.5. The lowest BCUT2D eigenvalue weighted by Gasteiger charge is -2.48. The van der Waals surface area contributed by atoms with E-state index < -0.39 is 28.7 Å². The molecule has 0 radical (unpaired) electrons. The lowest BCUT2D eigenvalue weighted by atomic mass is 9.67. The number of hydrogen-bond donors (Lipinski definition) is 1. The molecule has 2 aromatic rings. The van der Waals surface area contributed by atoms with Gasteiger partial charge in [-0.1, -0.05) is 74.0 Å². The molecule has 2 fully saturated rings. The molecule has 2 heterocycles. The van der Waals surface area contributed by atoms with Gasteiger partial charge in [-0.15, -0.1) is 0 Å². The van der Waals surface area contributed by atoms with Crippen molar-refractivity contribution in [3.05, 3.63) is 71.8 Å². The Bertz CT molecular complexity index is 925. The molecule has 0 spiro atoms. The van der Waals surface area contributed by atoms with Crippen molar-refractivity contribution in [1.29, 1.82) is 0 Å². The van der Waals surface area contributed by atoms with Crippen LogP contribution in [0.5, 0.6) is 0 Å². The van der Waals surface area contributed by atoms with Crippen LogP contribution in [0.4, 0.5) is 0 Å². The summed E-state index contributed by atoms with van der Waals surface area (Å²) in [7, 11) is 0. The largest absolute Gasteiger partial charge is 0.465 e. The molecule has 2 aromatic carbocycles. The van der Waals surface area contributed by atoms with E-state index in [1.165, 1.54) is 4.90 Å². The van der Waals surface area contributed by atoms with Crippen LogP contribution in [0.2, 0.25) is 0 Å². The number of aliphatic hydroxyl groups is 1. The molecule has 7 heteroatoms. The molecule has 2 atom stereocenters. The van der Waals surface area contributed by atoms with Gasteiger partial charge in [-0.3, -0.25) is 9.59 Å². The van der Waals surface area contributed by atoms with E-state index in [0.717, 1.165) is 12.8 Å². The average Bonchev–Trinajstić information content (AvgIpc) is 3.05. The summed E-state index contributed by atoms with van der Waals surface area (Å²) < 4.78 is 5.36. The molecular weight excluding hydrogens is 410 g/mol. The predicted molar refractivity (Wildman–Crippen MR) is 116 cm³/mol.